The number of carbonyl (C=O) groups is 3. The Kier molecular flexibility index (Phi) is 5.49. The molecule has 1 fully saturated rings. The standard InChI is InChI=1S/C20H19FN2O4/c21-15-8-6-13(7-9-15)17(12-19(25)26)22-20(27)14-3-1-4-16(11-14)23-10-2-5-18(23)24/h1,3-4,6-9,11,17H,2,5,10,12H2,(H,22,27)(H,25,26)/t17-/m1/s1. The quantitative estimate of drug-likeness (QED) is 0.819. The summed E-state index contributed by atoms with van der Waals surface area (Å²) in [7, 11) is 0. The number of halogens is 1. The van der Waals surface area contributed by atoms with Crippen LogP contribution in [0.15, 0.2) is 48.5 Å². The average molecular weight is 370 g/mol. The second kappa shape index (κ2) is 7.99. The van der Waals surface area contributed by atoms with Crippen molar-refractivity contribution in [2.75, 3.05) is 11.4 Å². The average Bonchev–Trinajstić information content (AvgIpc) is 3.07. The molecule has 1 atom stereocenters. The Morgan fingerprint density at radius 2 is 1.93 bits per heavy atom. The largest absolute Gasteiger partial charge is 0.481 e. The molecule has 2 aromatic rings. The van der Waals surface area contributed by atoms with Crippen LogP contribution in [0.1, 0.15) is 41.2 Å². The van der Waals surface area contributed by atoms with Gasteiger partial charge in [0.25, 0.3) is 5.91 Å². The zero-order valence-corrected chi connectivity index (χ0v) is 14.5. The SMILES string of the molecule is O=C(O)C[C@@H](NC(=O)c1cccc(N2CCCC2=O)c1)c1ccc(F)cc1. The van der Waals surface area contributed by atoms with Gasteiger partial charge in [-0.1, -0.05) is 18.2 Å². The summed E-state index contributed by atoms with van der Waals surface area (Å²) >= 11 is 0. The van der Waals surface area contributed by atoms with Crippen molar-refractivity contribution in [1.29, 1.82) is 0 Å². The van der Waals surface area contributed by atoms with Crippen LogP contribution in [-0.4, -0.2) is 29.4 Å². The Labute approximate surface area is 155 Å². The minimum absolute atomic E-state index is 0.0163. The van der Waals surface area contributed by atoms with Crippen molar-refractivity contribution < 1.29 is 23.9 Å². The maximum atomic E-state index is 13.1. The molecular formula is C20H19FN2O4. The number of hydrogen-bond acceptors (Lipinski definition) is 3. The molecule has 0 spiro atoms. The molecule has 0 saturated carbocycles. The summed E-state index contributed by atoms with van der Waals surface area (Å²) < 4.78 is 13.1. The molecule has 140 valence electrons. The molecule has 1 aliphatic rings. The fourth-order valence-corrected chi connectivity index (χ4v) is 3.10. The zero-order valence-electron chi connectivity index (χ0n) is 14.5. The van der Waals surface area contributed by atoms with Crippen molar-refractivity contribution >= 4 is 23.5 Å². The van der Waals surface area contributed by atoms with Crippen LogP contribution in [0.4, 0.5) is 10.1 Å². The number of rotatable bonds is 6. The third-order valence-corrected chi connectivity index (χ3v) is 4.45. The van der Waals surface area contributed by atoms with E-state index in [2.05, 4.69) is 5.32 Å². The first-order valence-electron chi connectivity index (χ1n) is 8.62. The Morgan fingerprint density at radius 3 is 2.56 bits per heavy atom. The molecule has 0 unspecified atom stereocenters. The van der Waals surface area contributed by atoms with Gasteiger partial charge in [0, 0.05) is 24.2 Å². The highest BCUT2D eigenvalue weighted by Gasteiger charge is 2.23. The molecule has 3 rings (SSSR count). The number of anilines is 1. The van der Waals surface area contributed by atoms with Crippen LogP contribution in [0.3, 0.4) is 0 Å². The van der Waals surface area contributed by atoms with Gasteiger partial charge in [0.15, 0.2) is 0 Å². The molecule has 27 heavy (non-hydrogen) atoms. The van der Waals surface area contributed by atoms with Gasteiger partial charge in [-0.15, -0.1) is 0 Å². The molecule has 2 aromatic carbocycles. The predicted octanol–water partition coefficient (Wildman–Crippen LogP) is 2.90. The number of carboxylic acids is 1. The Bertz CT molecular complexity index is 867. The summed E-state index contributed by atoms with van der Waals surface area (Å²) in [5.74, 6) is -1.97. The third kappa shape index (κ3) is 4.49. The normalized spacial score (nSPS) is 14.9. The molecule has 2 N–H and O–H groups in total. The summed E-state index contributed by atoms with van der Waals surface area (Å²) in [4.78, 5) is 37.3. The molecule has 2 amide bonds. The summed E-state index contributed by atoms with van der Waals surface area (Å²) in [5, 5.41) is 11.8. The van der Waals surface area contributed by atoms with Crippen molar-refractivity contribution in [3.05, 3.63) is 65.5 Å². The number of nitrogens with one attached hydrogen (secondary N) is 1. The fourth-order valence-electron chi connectivity index (χ4n) is 3.10. The molecule has 7 heteroatoms. The van der Waals surface area contributed by atoms with Gasteiger partial charge in [-0.3, -0.25) is 14.4 Å². The summed E-state index contributed by atoms with van der Waals surface area (Å²) in [5.41, 5.74) is 1.46. The zero-order chi connectivity index (χ0) is 19.4. The molecule has 1 saturated heterocycles. The van der Waals surface area contributed by atoms with E-state index in [4.69, 9.17) is 5.11 Å². The number of carbonyl (C=O) groups excluding carboxylic acids is 2. The van der Waals surface area contributed by atoms with E-state index in [0.29, 0.717) is 29.8 Å². The van der Waals surface area contributed by atoms with Crippen molar-refractivity contribution in [3.63, 3.8) is 0 Å². The van der Waals surface area contributed by atoms with E-state index in [1.807, 2.05) is 0 Å². The second-order valence-corrected chi connectivity index (χ2v) is 6.37. The van der Waals surface area contributed by atoms with E-state index in [-0.39, 0.29) is 12.3 Å². The number of hydrogen-bond donors (Lipinski definition) is 2. The Morgan fingerprint density at radius 1 is 1.19 bits per heavy atom. The molecule has 1 aliphatic heterocycles. The first-order chi connectivity index (χ1) is 12.9. The number of aliphatic carboxylic acids is 1. The number of nitrogens with zero attached hydrogens (tertiary/aromatic N) is 1. The molecule has 1 heterocycles. The van der Waals surface area contributed by atoms with Crippen LogP contribution in [0.2, 0.25) is 0 Å². The van der Waals surface area contributed by atoms with Gasteiger partial charge in [0.2, 0.25) is 5.91 Å². The van der Waals surface area contributed by atoms with Crippen LogP contribution in [0.25, 0.3) is 0 Å². The van der Waals surface area contributed by atoms with Crippen molar-refractivity contribution in [3.8, 4) is 0 Å². The molecule has 0 radical (unpaired) electrons. The lowest BCUT2D eigenvalue weighted by atomic mass is 10.0. The van der Waals surface area contributed by atoms with Gasteiger partial charge in [-0.2, -0.15) is 0 Å². The van der Waals surface area contributed by atoms with Crippen molar-refractivity contribution in [1.82, 2.24) is 5.32 Å². The topological polar surface area (TPSA) is 86.7 Å². The van der Waals surface area contributed by atoms with Crippen LogP contribution in [0, 0.1) is 5.82 Å². The predicted molar refractivity (Wildman–Crippen MR) is 96.9 cm³/mol. The highest BCUT2D eigenvalue weighted by Crippen LogP contribution is 2.23. The van der Waals surface area contributed by atoms with E-state index >= 15 is 0 Å². The minimum atomic E-state index is -1.08. The van der Waals surface area contributed by atoms with Crippen molar-refractivity contribution in [2.45, 2.75) is 25.3 Å². The summed E-state index contributed by atoms with van der Waals surface area (Å²) in [6.45, 7) is 0.612. The maximum absolute atomic E-state index is 13.1. The minimum Gasteiger partial charge on any atom is -0.481 e. The van der Waals surface area contributed by atoms with Crippen molar-refractivity contribution in [2.24, 2.45) is 0 Å². The number of amides is 2. The molecule has 0 aliphatic carbocycles. The van der Waals surface area contributed by atoms with Gasteiger partial charge < -0.3 is 15.3 Å². The molecule has 0 aromatic heterocycles. The van der Waals surface area contributed by atoms with E-state index in [1.54, 1.807) is 29.2 Å². The van der Waals surface area contributed by atoms with Gasteiger partial charge in [0.05, 0.1) is 12.5 Å². The lowest BCUT2D eigenvalue weighted by Crippen LogP contribution is -2.30. The molecule has 0 bridgehead atoms. The lowest BCUT2D eigenvalue weighted by Gasteiger charge is -2.19. The Balaban J connectivity index is 1.80. The van der Waals surface area contributed by atoms with E-state index < -0.39 is 23.7 Å². The first-order valence-corrected chi connectivity index (χ1v) is 8.62. The lowest BCUT2D eigenvalue weighted by molar-refractivity contribution is -0.137. The smallest absolute Gasteiger partial charge is 0.305 e. The van der Waals surface area contributed by atoms with Crippen LogP contribution < -0.4 is 10.2 Å². The fraction of sp³-hybridized carbons (Fsp3) is 0.250. The second-order valence-electron chi connectivity index (χ2n) is 6.37. The highest BCUT2D eigenvalue weighted by molar-refractivity contribution is 5.99. The van der Waals surface area contributed by atoms with E-state index in [1.165, 1.54) is 24.3 Å². The molecule has 6 nitrogen and oxygen atoms in total. The van der Waals surface area contributed by atoms with Gasteiger partial charge in [-0.25, -0.2) is 4.39 Å². The summed E-state index contributed by atoms with van der Waals surface area (Å²) in [6.07, 6.45) is 0.934. The first kappa shape index (κ1) is 18.6. The van der Waals surface area contributed by atoms with Crippen LogP contribution in [-0.2, 0) is 9.59 Å². The van der Waals surface area contributed by atoms with Gasteiger partial charge >= 0.3 is 5.97 Å². The number of carboxylic acid groups (broad SMARTS) is 1. The summed E-state index contributed by atoms with van der Waals surface area (Å²) in [6, 6.07) is 11.2. The maximum Gasteiger partial charge on any atom is 0.305 e. The Hall–Kier alpha value is -3.22. The molecular weight excluding hydrogens is 351 g/mol. The van der Waals surface area contributed by atoms with Gasteiger partial charge in [-0.05, 0) is 42.3 Å². The monoisotopic (exact) mass is 370 g/mol. The van der Waals surface area contributed by atoms with E-state index in [0.717, 1.165) is 6.42 Å². The van der Waals surface area contributed by atoms with Crippen LogP contribution in [0.5, 0.6) is 0 Å². The van der Waals surface area contributed by atoms with Gasteiger partial charge in [0.1, 0.15) is 5.82 Å². The third-order valence-electron chi connectivity index (χ3n) is 4.45. The highest BCUT2D eigenvalue weighted by atomic mass is 19.1. The van der Waals surface area contributed by atoms with E-state index in [9.17, 15) is 18.8 Å². The number of benzene rings is 2. The van der Waals surface area contributed by atoms with Crippen LogP contribution >= 0.6 is 0 Å².